The molecule has 0 aromatic rings. The number of carbonyl (C=O) groups is 2. The van der Waals surface area contributed by atoms with Crippen LogP contribution in [0.4, 0.5) is 4.79 Å². The van der Waals surface area contributed by atoms with Crippen molar-refractivity contribution < 1.29 is 23.6 Å². The summed E-state index contributed by atoms with van der Waals surface area (Å²) < 4.78 is 16.5. The van der Waals surface area contributed by atoms with Gasteiger partial charge in [-0.05, 0) is 27.2 Å². The van der Waals surface area contributed by atoms with E-state index in [0.717, 1.165) is 0 Å². The third kappa shape index (κ3) is 10.8. The number of hydrogen-bond acceptors (Lipinski definition) is 5. The number of hydrogen-bond donors (Lipinski definition) is 3. The Bertz CT molecular complexity index is 462. The molecule has 0 unspecified atom stereocenters. The second kappa shape index (κ2) is 7.44. The molecule has 8 heteroatoms. The Kier molecular flexibility index (Phi) is 6.89. The average Bonchev–Trinajstić information content (AvgIpc) is 2.18. The lowest BCUT2D eigenvalue weighted by atomic mass is 10.1. The van der Waals surface area contributed by atoms with Crippen LogP contribution in [-0.4, -0.2) is 41.3 Å². The van der Waals surface area contributed by atoms with Gasteiger partial charge in [-0.2, -0.15) is 0 Å². The largest absolute Gasteiger partial charge is 0.508 e. The molecule has 7 nitrogen and oxygen atoms in total. The number of primary amides is 1. The summed E-state index contributed by atoms with van der Waals surface area (Å²) in [6.45, 7) is 5.08. The Hall–Kier alpha value is -1.57. The van der Waals surface area contributed by atoms with Gasteiger partial charge in [-0.15, -0.1) is 4.21 Å². The SMILES string of the molecule is CC(C)(C)OC(=O)N[C@@H](CC/C(O)=C/[S+](C)(C)=O)C(N)=O. The van der Waals surface area contributed by atoms with E-state index in [1.54, 1.807) is 20.8 Å². The van der Waals surface area contributed by atoms with E-state index in [1.807, 2.05) is 0 Å². The average molecular weight is 321 g/mol. The number of alkyl carbamates (subject to hydrolysis) is 1. The van der Waals surface area contributed by atoms with E-state index in [0.29, 0.717) is 0 Å². The van der Waals surface area contributed by atoms with Crippen LogP contribution >= 0.6 is 0 Å². The van der Waals surface area contributed by atoms with Crippen molar-refractivity contribution >= 4 is 21.9 Å². The lowest BCUT2D eigenvalue weighted by Gasteiger charge is -2.22. The topological polar surface area (TPSA) is 119 Å². The monoisotopic (exact) mass is 321 g/mol. The third-order valence-corrected chi connectivity index (χ3v) is 2.98. The predicted molar refractivity (Wildman–Crippen MR) is 82.2 cm³/mol. The first-order valence-electron chi connectivity index (χ1n) is 6.43. The number of allylic oxidation sites excluding steroid dienone is 1. The van der Waals surface area contributed by atoms with Gasteiger partial charge < -0.3 is 20.9 Å². The van der Waals surface area contributed by atoms with Gasteiger partial charge in [0.15, 0.2) is 5.41 Å². The summed E-state index contributed by atoms with van der Waals surface area (Å²) in [6, 6.07) is -0.972. The van der Waals surface area contributed by atoms with E-state index in [-0.39, 0.29) is 18.6 Å². The fourth-order valence-electron chi connectivity index (χ4n) is 1.41. The van der Waals surface area contributed by atoms with Crippen molar-refractivity contribution in [2.75, 3.05) is 12.5 Å². The van der Waals surface area contributed by atoms with Crippen molar-refractivity contribution in [3.8, 4) is 0 Å². The molecule has 21 heavy (non-hydrogen) atoms. The van der Waals surface area contributed by atoms with Crippen molar-refractivity contribution in [1.82, 2.24) is 5.32 Å². The van der Waals surface area contributed by atoms with Gasteiger partial charge in [0.05, 0.1) is 0 Å². The molecule has 0 fully saturated rings. The first kappa shape index (κ1) is 19.4. The van der Waals surface area contributed by atoms with Gasteiger partial charge in [-0.25, -0.2) is 4.79 Å². The van der Waals surface area contributed by atoms with Crippen LogP contribution in [-0.2, 0) is 23.7 Å². The molecule has 0 saturated carbocycles. The molecule has 0 aliphatic carbocycles. The van der Waals surface area contributed by atoms with Crippen LogP contribution in [0.15, 0.2) is 11.2 Å². The predicted octanol–water partition coefficient (Wildman–Crippen LogP) is 1.30. The van der Waals surface area contributed by atoms with Crippen molar-refractivity contribution in [2.45, 2.75) is 45.3 Å². The number of carbonyl (C=O) groups excluding carboxylic acids is 2. The Balaban J connectivity index is 4.59. The molecule has 0 aliphatic heterocycles. The fraction of sp³-hybridized carbons (Fsp3) is 0.692. The number of aliphatic hydroxyl groups is 1. The van der Waals surface area contributed by atoms with Gasteiger partial charge in [0.2, 0.25) is 5.91 Å². The molecule has 0 bridgehead atoms. The Morgan fingerprint density at radius 1 is 1.38 bits per heavy atom. The van der Waals surface area contributed by atoms with Crippen LogP contribution in [0.1, 0.15) is 33.6 Å². The van der Waals surface area contributed by atoms with Gasteiger partial charge in [0.1, 0.15) is 39.8 Å². The summed E-state index contributed by atoms with van der Waals surface area (Å²) in [4.78, 5) is 22.9. The standard InChI is InChI=1S/C13H24N2O5S/c1-13(2,3)20-12(18)15-10(11(14)17)7-6-9(16)8-21(4,5)19/h8,10H,6-7H2,1-5H3,(H3-,14,15,16,17,18,19)/p+1/t10-/m0/s1. The van der Waals surface area contributed by atoms with Crippen molar-refractivity contribution in [3.63, 3.8) is 0 Å². The van der Waals surface area contributed by atoms with Crippen molar-refractivity contribution in [2.24, 2.45) is 5.73 Å². The molecule has 1 atom stereocenters. The molecule has 0 aromatic carbocycles. The number of nitrogens with two attached hydrogens (primary N) is 1. The molecule has 0 aromatic heterocycles. The first-order chi connectivity index (χ1) is 9.30. The zero-order valence-electron chi connectivity index (χ0n) is 13.1. The summed E-state index contributed by atoms with van der Waals surface area (Å²) in [5, 5.41) is 13.2. The van der Waals surface area contributed by atoms with Crippen LogP contribution < -0.4 is 11.1 Å². The van der Waals surface area contributed by atoms with Gasteiger partial charge in [0, 0.05) is 6.42 Å². The van der Waals surface area contributed by atoms with Crippen LogP contribution in [0.2, 0.25) is 0 Å². The normalized spacial score (nSPS) is 14.4. The summed E-state index contributed by atoms with van der Waals surface area (Å²) in [5.74, 6) is -0.843. The molecule has 0 radical (unpaired) electrons. The maximum atomic E-state index is 11.6. The minimum absolute atomic E-state index is 0.0715. The first-order valence-corrected chi connectivity index (χ1v) is 8.86. The highest BCUT2D eigenvalue weighted by Crippen LogP contribution is 2.11. The van der Waals surface area contributed by atoms with Crippen LogP contribution in [0, 0.1) is 0 Å². The van der Waals surface area contributed by atoms with Gasteiger partial charge in [-0.1, -0.05) is 0 Å². The van der Waals surface area contributed by atoms with Crippen molar-refractivity contribution in [1.29, 1.82) is 0 Å². The van der Waals surface area contributed by atoms with E-state index in [4.69, 9.17) is 10.5 Å². The number of nitrogens with one attached hydrogen (secondary N) is 1. The van der Waals surface area contributed by atoms with E-state index in [2.05, 4.69) is 5.32 Å². The number of amides is 2. The zero-order valence-corrected chi connectivity index (χ0v) is 14.0. The smallest absolute Gasteiger partial charge is 0.408 e. The second-order valence-electron chi connectivity index (χ2n) is 6.06. The minimum atomic E-state index is -2.23. The maximum absolute atomic E-state index is 11.6. The van der Waals surface area contributed by atoms with E-state index in [9.17, 15) is 18.9 Å². The van der Waals surface area contributed by atoms with Crippen molar-refractivity contribution in [3.05, 3.63) is 11.2 Å². The number of ether oxygens (including phenoxy) is 1. The fourth-order valence-corrected chi connectivity index (χ4v) is 2.19. The minimum Gasteiger partial charge on any atom is -0.508 e. The summed E-state index contributed by atoms with van der Waals surface area (Å²) in [5.41, 5.74) is 4.51. The van der Waals surface area contributed by atoms with Crippen LogP contribution in [0.25, 0.3) is 0 Å². The Morgan fingerprint density at radius 2 is 1.90 bits per heavy atom. The molecular formula is C13H25N2O5S+. The Labute approximate surface area is 126 Å². The maximum Gasteiger partial charge on any atom is 0.408 e. The molecule has 4 N–H and O–H groups in total. The van der Waals surface area contributed by atoms with Gasteiger partial charge in [-0.3, -0.25) is 4.79 Å². The highest BCUT2D eigenvalue weighted by molar-refractivity contribution is 8.04. The van der Waals surface area contributed by atoms with Gasteiger partial charge >= 0.3 is 6.09 Å². The summed E-state index contributed by atoms with van der Waals surface area (Å²) in [7, 11) is -2.23. The molecule has 0 rings (SSSR count). The zero-order chi connectivity index (χ0) is 16.8. The van der Waals surface area contributed by atoms with E-state index >= 15 is 0 Å². The molecule has 2 amide bonds. The highest BCUT2D eigenvalue weighted by atomic mass is 32.2. The molecule has 0 heterocycles. The lowest BCUT2D eigenvalue weighted by Crippen LogP contribution is -2.46. The second-order valence-corrected chi connectivity index (χ2v) is 8.91. The van der Waals surface area contributed by atoms with E-state index in [1.165, 1.54) is 17.9 Å². The third-order valence-electron chi connectivity index (χ3n) is 2.14. The highest BCUT2D eigenvalue weighted by Gasteiger charge is 2.23. The quantitative estimate of drug-likeness (QED) is 0.503. The molecule has 0 saturated heterocycles. The Morgan fingerprint density at radius 3 is 2.29 bits per heavy atom. The van der Waals surface area contributed by atoms with Crippen LogP contribution in [0.5, 0.6) is 0 Å². The number of rotatable bonds is 6. The molecular weight excluding hydrogens is 296 g/mol. The van der Waals surface area contributed by atoms with Gasteiger partial charge in [0.25, 0.3) is 0 Å². The number of aliphatic hydroxyl groups excluding tert-OH is 1. The van der Waals surface area contributed by atoms with Crippen LogP contribution in [0.3, 0.4) is 0 Å². The van der Waals surface area contributed by atoms with E-state index < -0.39 is 33.6 Å². The molecule has 0 spiro atoms. The summed E-state index contributed by atoms with van der Waals surface area (Å²) >= 11 is 0. The molecule has 122 valence electrons. The molecule has 0 aliphatic rings. The summed E-state index contributed by atoms with van der Waals surface area (Å²) in [6.07, 6.45) is 2.36. The lowest BCUT2D eigenvalue weighted by molar-refractivity contribution is -0.120.